The fourth-order valence-electron chi connectivity index (χ4n) is 2.30. The maximum Gasteiger partial charge on any atom is 0.336 e. The molecule has 0 aliphatic rings. The quantitative estimate of drug-likeness (QED) is 0.577. The van der Waals surface area contributed by atoms with Gasteiger partial charge in [-0.15, -0.1) is 5.10 Å². The summed E-state index contributed by atoms with van der Waals surface area (Å²) in [5.74, 6) is -0.427. The third kappa shape index (κ3) is 1.92. The summed E-state index contributed by atoms with van der Waals surface area (Å²) in [5.41, 5.74) is 1.46. The molecule has 4 aromatic rings. The Balaban J connectivity index is 1.94. The maximum absolute atomic E-state index is 11.3. The number of nitrogens with zero attached hydrogens (tertiary/aromatic N) is 3. The zero-order valence-electron chi connectivity index (χ0n) is 11.3. The molecule has 4 rings (SSSR count). The zero-order valence-corrected chi connectivity index (χ0v) is 12.9. The van der Waals surface area contributed by atoms with Crippen LogP contribution >= 0.6 is 23.1 Å². The lowest BCUT2D eigenvalue weighted by atomic mass is 10.1. The number of benzene rings is 1. The van der Waals surface area contributed by atoms with E-state index in [-0.39, 0.29) is 5.56 Å². The van der Waals surface area contributed by atoms with Crippen molar-refractivity contribution in [3.63, 3.8) is 0 Å². The number of imidazole rings is 1. The Morgan fingerprint density at radius 3 is 3.09 bits per heavy atom. The molecule has 0 aliphatic carbocycles. The number of aromatic nitrogens is 3. The molecule has 110 valence electrons. The summed E-state index contributed by atoms with van der Waals surface area (Å²) in [6.07, 6.45) is 3.64. The summed E-state index contributed by atoms with van der Waals surface area (Å²) >= 11 is 3.05. The van der Waals surface area contributed by atoms with E-state index in [0.29, 0.717) is 22.4 Å². The van der Waals surface area contributed by atoms with Crippen LogP contribution in [0.1, 0.15) is 10.4 Å². The van der Waals surface area contributed by atoms with Crippen LogP contribution in [0.4, 0.5) is 0 Å². The highest BCUT2D eigenvalue weighted by atomic mass is 32.2. The van der Waals surface area contributed by atoms with Gasteiger partial charge in [-0.1, -0.05) is 29.2 Å². The predicted molar refractivity (Wildman–Crippen MR) is 84.8 cm³/mol. The van der Waals surface area contributed by atoms with Gasteiger partial charge in [-0.25, -0.2) is 9.78 Å². The Morgan fingerprint density at radius 1 is 1.45 bits per heavy atom. The number of hydrogen-bond donors (Lipinski definition) is 1. The molecule has 0 aliphatic heterocycles. The standard InChI is InChI=1S/C14H9N3O3S2/c1-21-14-16-17-9(6-15-13(17)22-14)11-5-8-7(12(18)19)3-2-4-10(8)20-11/h2-6H,1H3,(H,18,19). The van der Waals surface area contributed by atoms with Crippen LogP contribution < -0.4 is 0 Å². The molecule has 8 heteroatoms. The Kier molecular flexibility index (Phi) is 2.95. The van der Waals surface area contributed by atoms with Crippen molar-refractivity contribution in [3.05, 3.63) is 36.0 Å². The van der Waals surface area contributed by atoms with Crippen molar-refractivity contribution in [1.82, 2.24) is 14.6 Å². The minimum atomic E-state index is -0.977. The average Bonchev–Trinajstić information content (AvgIpc) is 3.18. The summed E-state index contributed by atoms with van der Waals surface area (Å²) in [6.45, 7) is 0. The monoisotopic (exact) mass is 331 g/mol. The third-order valence-corrected chi connectivity index (χ3v) is 5.18. The normalized spacial score (nSPS) is 11.5. The van der Waals surface area contributed by atoms with Gasteiger partial charge in [0, 0.05) is 5.39 Å². The highest BCUT2D eigenvalue weighted by Crippen LogP contribution is 2.32. The lowest BCUT2D eigenvalue weighted by Gasteiger charge is -1.93. The van der Waals surface area contributed by atoms with Crippen LogP contribution in [0, 0.1) is 0 Å². The molecule has 1 aromatic carbocycles. The number of fused-ring (bicyclic) bond motifs is 2. The van der Waals surface area contributed by atoms with E-state index in [1.54, 1.807) is 46.7 Å². The van der Waals surface area contributed by atoms with E-state index >= 15 is 0 Å². The van der Waals surface area contributed by atoms with Crippen molar-refractivity contribution >= 4 is 45.0 Å². The molecule has 3 aromatic heterocycles. The molecule has 0 amide bonds. The number of furan rings is 1. The molecule has 0 saturated heterocycles. The van der Waals surface area contributed by atoms with E-state index in [9.17, 15) is 9.90 Å². The van der Waals surface area contributed by atoms with Gasteiger partial charge in [-0.05, 0) is 24.5 Å². The second-order valence-corrected chi connectivity index (χ2v) is 6.55. The molecule has 1 N–H and O–H groups in total. The van der Waals surface area contributed by atoms with Crippen molar-refractivity contribution in [3.8, 4) is 11.5 Å². The van der Waals surface area contributed by atoms with Crippen LogP contribution in [0.2, 0.25) is 0 Å². The topological polar surface area (TPSA) is 80.6 Å². The predicted octanol–water partition coefficient (Wildman–Crippen LogP) is 3.62. The van der Waals surface area contributed by atoms with Crippen LogP contribution in [0.5, 0.6) is 0 Å². The van der Waals surface area contributed by atoms with Gasteiger partial charge < -0.3 is 9.52 Å². The maximum atomic E-state index is 11.3. The number of carbonyl (C=O) groups is 1. The molecule has 0 atom stereocenters. The highest BCUT2D eigenvalue weighted by Gasteiger charge is 2.17. The van der Waals surface area contributed by atoms with Crippen LogP contribution in [0.25, 0.3) is 27.4 Å². The van der Waals surface area contributed by atoms with Gasteiger partial charge in [0.15, 0.2) is 10.1 Å². The molecule has 0 saturated carbocycles. The minimum Gasteiger partial charge on any atom is -0.478 e. The minimum absolute atomic E-state index is 0.219. The van der Waals surface area contributed by atoms with E-state index in [0.717, 1.165) is 9.30 Å². The van der Waals surface area contributed by atoms with Gasteiger partial charge in [0.25, 0.3) is 0 Å². The molecular weight excluding hydrogens is 322 g/mol. The highest BCUT2D eigenvalue weighted by molar-refractivity contribution is 8.00. The van der Waals surface area contributed by atoms with Crippen molar-refractivity contribution in [1.29, 1.82) is 0 Å². The van der Waals surface area contributed by atoms with Gasteiger partial charge in [0.2, 0.25) is 4.96 Å². The molecule has 0 fully saturated rings. The largest absolute Gasteiger partial charge is 0.478 e. The van der Waals surface area contributed by atoms with Gasteiger partial charge >= 0.3 is 5.97 Å². The number of thioether (sulfide) groups is 1. The van der Waals surface area contributed by atoms with Crippen LogP contribution in [-0.2, 0) is 0 Å². The van der Waals surface area contributed by atoms with E-state index in [2.05, 4.69) is 10.1 Å². The first-order chi connectivity index (χ1) is 10.7. The Hall–Kier alpha value is -2.32. The van der Waals surface area contributed by atoms with Crippen molar-refractivity contribution < 1.29 is 14.3 Å². The molecule has 0 unspecified atom stereocenters. The number of hydrogen-bond acceptors (Lipinski definition) is 6. The fraction of sp³-hybridized carbons (Fsp3) is 0.0714. The summed E-state index contributed by atoms with van der Waals surface area (Å²) in [6, 6.07) is 6.70. The molecule has 0 radical (unpaired) electrons. The summed E-state index contributed by atoms with van der Waals surface area (Å²) < 4.78 is 8.41. The van der Waals surface area contributed by atoms with E-state index < -0.39 is 5.97 Å². The van der Waals surface area contributed by atoms with Crippen molar-refractivity contribution in [2.45, 2.75) is 4.34 Å². The van der Waals surface area contributed by atoms with Crippen molar-refractivity contribution in [2.75, 3.05) is 6.26 Å². The zero-order chi connectivity index (χ0) is 15.3. The SMILES string of the molecule is CSc1nn2c(-c3cc4c(C(=O)O)cccc4o3)cnc2s1. The number of aromatic carboxylic acids is 1. The van der Waals surface area contributed by atoms with Crippen molar-refractivity contribution in [2.24, 2.45) is 0 Å². The summed E-state index contributed by atoms with van der Waals surface area (Å²) in [5, 5.41) is 14.3. The molecule has 0 spiro atoms. The average molecular weight is 331 g/mol. The number of carboxylic acid groups (broad SMARTS) is 1. The smallest absolute Gasteiger partial charge is 0.336 e. The Morgan fingerprint density at radius 2 is 2.32 bits per heavy atom. The third-order valence-electron chi connectivity index (χ3n) is 3.29. The lowest BCUT2D eigenvalue weighted by molar-refractivity contribution is 0.0699. The van der Waals surface area contributed by atoms with Crippen LogP contribution in [0.15, 0.2) is 39.2 Å². The number of rotatable bonds is 3. The second-order valence-electron chi connectivity index (χ2n) is 4.54. The van der Waals surface area contributed by atoms with Gasteiger partial charge in [-0.3, -0.25) is 0 Å². The Bertz CT molecular complexity index is 1020. The van der Waals surface area contributed by atoms with E-state index in [4.69, 9.17) is 4.42 Å². The van der Waals surface area contributed by atoms with Gasteiger partial charge in [0.1, 0.15) is 11.3 Å². The van der Waals surface area contributed by atoms with Gasteiger partial charge in [-0.2, -0.15) is 4.52 Å². The summed E-state index contributed by atoms with van der Waals surface area (Å²) in [4.78, 5) is 16.4. The first-order valence-electron chi connectivity index (χ1n) is 6.32. The first kappa shape index (κ1) is 13.4. The van der Waals surface area contributed by atoms with E-state index in [1.807, 2.05) is 6.26 Å². The molecular formula is C14H9N3O3S2. The fourth-order valence-corrected chi connectivity index (χ4v) is 3.63. The molecule has 22 heavy (non-hydrogen) atoms. The molecule has 6 nitrogen and oxygen atoms in total. The Labute approximate surface area is 132 Å². The lowest BCUT2D eigenvalue weighted by Crippen LogP contribution is -1.95. The number of carboxylic acids is 1. The first-order valence-corrected chi connectivity index (χ1v) is 8.36. The molecule has 3 heterocycles. The van der Waals surface area contributed by atoms with Crippen LogP contribution in [-0.4, -0.2) is 31.9 Å². The summed E-state index contributed by atoms with van der Waals surface area (Å²) in [7, 11) is 0. The second kappa shape index (κ2) is 4.85. The van der Waals surface area contributed by atoms with Crippen LogP contribution in [0.3, 0.4) is 0 Å². The van der Waals surface area contributed by atoms with E-state index in [1.165, 1.54) is 11.3 Å². The molecule has 0 bridgehead atoms. The van der Waals surface area contributed by atoms with Gasteiger partial charge in [0.05, 0.1) is 11.8 Å².